The van der Waals surface area contributed by atoms with E-state index in [4.69, 9.17) is 20.7 Å². The van der Waals surface area contributed by atoms with Crippen LogP contribution in [0.5, 0.6) is 0 Å². The number of hydrogen-bond donors (Lipinski definition) is 1. The van der Waals surface area contributed by atoms with Crippen LogP contribution in [0.1, 0.15) is 27.7 Å². The van der Waals surface area contributed by atoms with E-state index in [-0.39, 0.29) is 0 Å². The average molecular weight is 331 g/mol. The van der Waals surface area contributed by atoms with Gasteiger partial charge >= 0.3 is 7.48 Å². The highest BCUT2D eigenvalue weighted by molar-refractivity contribution is 6.53. The zero-order chi connectivity index (χ0) is 16.8. The minimum absolute atomic E-state index is 0.345. The molecule has 0 fully saturated rings. The first-order valence-corrected chi connectivity index (χ1v) is 8.03. The van der Waals surface area contributed by atoms with E-state index in [1.165, 1.54) is 0 Å². The molecule has 23 heavy (non-hydrogen) atoms. The summed E-state index contributed by atoms with van der Waals surface area (Å²) in [4.78, 5) is 0. The lowest BCUT2D eigenvalue weighted by Gasteiger charge is -2.37. The minimum Gasteiger partial charge on any atom is -0.456 e. The SMILES string of the molecule is CC(C)(O)C(C)(C)OBc1cc(Cl)cc2oc3ccccc3c12. The molecule has 3 nitrogen and oxygen atoms in total. The summed E-state index contributed by atoms with van der Waals surface area (Å²) < 4.78 is 11.9. The molecule has 0 saturated heterocycles. The molecule has 1 N–H and O–H groups in total. The molecule has 0 bridgehead atoms. The van der Waals surface area contributed by atoms with Crippen molar-refractivity contribution in [3.05, 3.63) is 41.4 Å². The lowest BCUT2D eigenvalue weighted by Crippen LogP contribution is -2.49. The Hall–Kier alpha value is -1.49. The van der Waals surface area contributed by atoms with Crippen molar-refractivity contribution < 1.29 is 14.2 Å². The van der Waals surface area contributed by atoms with Gasteiger partial charge in [0.25, 0.3) is 0 Å². The van der Waals surface area contributed by atoms with Crippen molar-refractivity contribution in [3.8, 4) is 0 Å². The predicted molar refractivity (Wildman–Crippen MR) is 97.0 cm³/mol. The van der Waals surface area contributed by atoms with Crippen LogP contribution in [0.25, 0.3) is 21.9 Å². The van der Waals surface area contributed by atoms with Crippen LogP contribution in [-0.4, -0.2) is 23.8 Å². The molecular weight excluding hydrogens is 310 g/mol. The maximum atomic E-state index is 10.3. The van der Waals surface area contributed by atoms with Gasteiger partial charge in [-0.25, -0.2) is 0 Å². The van der Waals surface area contributed by atoms with Gasteiger partial charge in [-0.2, -0.15) is 0 Å². The quantitative estimate of drug-likeness (QED) is 0.740. The maximum Gasteiger partial charge on any atom is 0.310 e. The van der Waals surface area contributed by atoms with E-state index in [2.05, 4.69) is 0 Å². The summed E-state index contributed by atoms with van der Waals surface area (Å²) in [5.74, 6) is 0. The molecule has 0 amide bonds. The molecule has 120 valence electrons. The molecule has 0 spiro atoms. The third kappa shape index (κ3) is 2.99. The monoisotopic (exact) mass is 330 g/mol. The Kier molecular flexibility index (Phi) is 3.95. The molecule has 0 radical (unpaired) electrons. The molecule has 1 aromatic heterocycles. The lowest BCUT2D eigenvalue weighted by atomic mass is 9.80. The highest BCUT2D eigenvalue weighted by atomic mass is 35.5. The van der Waals surface area contributed by atoms with Gasteiger partial charge in [-0.05, 0) is 45.3 Å². The van der Waals surface area contributed by atoms with Gasteiger partial charge in [-0.3, -0.25) is 0 Å². The molecule has 0 aliphatic heterocycles. The molecule has 0 atom stereocenters. The normalized spacial score (nSPS) is 13.0. The van der Waals surface area contributed by atoms with Gasteiger partial charge < -0.3 is 14.2 Å². The fraction of sp³-hybridized carbons (Fsp3) is 0.333. The van der Waals surface area contributed by atoms with Crippen LogP contribution in [0.2, 0.25) is 5.02 Å². The van der Waals surface area contributed by atoms with E-state index in [1.807, 2.05) is 50.2 Å². The Labute approximate surface area is 141 Å². The van der Waals surface area contributed by atoms with Crippen LogP contribution in [0.4, 0.5) is 0 Å². The Morgan fingerprint density at radius 1 is 1.09 bits per heavy atom. The van der Waals surface area contributed by atoms with Gasteiger partial charge in [0.1, 0.15) is 11.2 Å². The Morgan fingerprint density at radius 2 is 1.78 bits per heavy atom. The zero-order valence-corrected chi connectivity index (χ0v) is 14.6. The molecule has 0 aliphatic rings. The van der Waals surface area contributed by atoms with Crippen LogP contribution in [0.3, 0.4) is 0 Å². The zero-order valence-electron chi connectivity index (χ0n) is 13.8. The number of fused-ring (bicyclic) bond motifs is 3. The molecule has 0 aliphatic carbocycles. The second-order valence-corrected chi connectivity index (χ2v) is 7.33. The Balaban J connectivity index is 2.07. The molecule has 3 aromatic rings. The lowest BCUT2D eigenvalue weighted by molar-refractivity contribution is -0.0893. The van der Waals surface area contributed by atoms with Crippen LogP contribution in [0, 0.1) is 0 Å². The van der Waals surface area contributed by atoms with Gasteiger partial charge in [-0.1, -0.05) is 29.8 Å². The van der Waals surface area contributed by atoms with Crippen molar-refractivity contribution in [3.63, 3.8) is 0 Å². The minimum atomic E-state index is -0.955. The molecular formula is C18H20BClO3. The van der Waals surface area contributed by atoms with Gasteiger partial charge in [0.05, 0.1) is 11.2 Å². The third-order valence-corrected chi connectivity index (χ3v) is 4.81. The smallest absolute Gasteiger partial charge is 0.310 e. The van der Waals surface area contributed by atoms with Gasteiger partial charge in [0, 0.05) is 21.9 Å². The third-order valence-electron chi connectivity index (χ3n) is 4.59. The first-order chi connectivity index (χ1) is 10.7. The average Bonchev–Trinajstić information content (AvgIpc) is 2.81. The van der Waals surface area contributed by atoms with Gasteiger partial charge in [0.15, 0.2) is 0 Å². The molecule has 5 heteroatoms. The number of para-hydroxylation sites is 1. The summed E-state index contributed by atoms with van der Waals surface area (Å²) in [7, 11) is 0.345. The summed E-state index contributed by atoms with van der Waals surface area (Å²) in [6, 6.07) is 11.6. The predicted octanol–water partition coefficient (Wildman–Crippen LogP) is 3.78. The standard InChI is InChI=1S/C18H20BClO3/c1-17(2,21)18(3,4)23-19-13-9-11(20)10-15-16(13)12-7-5-6-8-14(12)22-15/h5-10,19,21H,1-4H3. The highest BCUT2D eigenvalue weighted by Crippen LogP contribution is 2.30. The van der Waals surface area contributed by atoms with Crippen LogP contribution < -0.4 is 5.46 Å². The fourth-order valence-electron chi connectivity index (χ4n) is 2.45. The summed E-state index contributed by atoms with van der Waals surface area (Å²) in [6.45, 7) is 7.24. The molecule has 0 unspecified atom stereocenters. The number of rotatable bonds is 4. The van der Waals surface area contributed by atoms with E-state index in [1.54, 1.807) is 13.8 Å². The number of aliphatic hydroxyl groups is 1. The van der Waals surface area contributed by atoms with Crippen molar-refractivity contribution >= 4 is 46.5 Å². The molecule has 1 heterocycles. The molecule has 3 rings (SSSR count). The van der Waals surface area contributed by atoms with E-state index in [9.17, 15) is 5.11 Å². The molecule has 2 aromatic carbocycles. The van der Waals surface area contributed by atoms with Crippen molar-refractivity contribution in [2.75, 3.05) is 0 Å². The largest absolute Gasteiger partial charge is 0.456 e. The van der Waals surface area contributed by atoms with Crippen LogP contribution in [-0.2, 0) is 4.65 Å². The maximum absolute atomic E-state index is 10.3. The van der Waals surface area contributed by atoms with Crippen LogP contribution >= 0.6 is 11.6 Å². The second-order valence-electron chi connectivity index (χ2n) is 6.89. The first kappa shape index (κ1) is 16.4. The van der Waals surface area contributed by atoms with E-state index in [0.717, 1.165) is 27.4 Å². The van der Waals surface area contributed by atoms with E-state index in [0.29, 0.717) is 12.5 Å². The van der Waals surface area contributed by atoms with Gasteiger partial charge in [-0.15, -0.1) is 0 Å². The topological polar surface area (TPSA) is 42.6 Å². The van der Waals surface area contributed by atoms with Crippen molar-refractivity contribution in [1.82, 2.24) is 0 Å². The summed E-state index contributed by atoms with van der Waals surface area (Å²) in [6.07, 6.45) is 0. The highest BCUT2D eigenvalue weighted by Gasteiger charge is 2.35. The fourth-order valence-corrected chi connectivity index (χ4v) is 2.68. The number of furan rings is 1. The second kappa shape index (κ2) is 5.55. The van der Waals surface area contributed by atoms with Crippen molar-refractivity contribution in [2.24, 2.45) is 0 Å². The first-order valence-electron chi connectivity index (χ1n) is 7.65. The summed E-state index contributed by atoms with van der Waals surface area (Å²) in [5, 5.41) is 12.9. The number of benzene rings is 2. The van der Waals surface area contributed by atoms with Crippen LogP contribution in [0.15, 0.2) is 40.8 Å². The van der Waals surface area contributed by atoms with Crippen molar-refractivity contribution in [1.29, 1.82) is 0 Å². The Bertz CT molecular complexity index is 862. The molecule has 0 saturated carbocycles. The number of hydrogen-bond acceptors (Lipinski definition) is 3. The Morgan fingerprint density at radius 3 is 2.48 bits per heavy atom. The summed E-state index contributed by atoms with van der Waals surface area (Å²) in [5.41, 5.74) is 0.880. The van der Waals surface area contributed by atoms with E-state index >= 15 is 0 Å². The number of halogens is 1. The summed E-state index contributed by atoms with van der Waals surface area (Å²) >= 11 is 6.23. The van der Waals surface area contributed by atoms with E-state index < -0.39 is 11.2 Å². The van der Waals surface area contributed by atoms with Gasteiger partial charge in [0.2, 0.25) is 0 Å². The van der Waals surface area contributed by atoms with Crippen molar-refractivity contribution in [2.45, 2.75) is 38.9 Å².